The van der Waals surface area contributed by atoms with Crippen molar-refractivity contribution < 1.29 is 22.3 Å². The predicted molar refractivity (Wildman–Crippen MR) is 155 cm³/mol. The van der Waals surface area contributed by atoms with Crippen molar-refractivity contribution in [2.45, 2.75) is 30.3 Å². The zero-order valence-corrected chi connectivity index (χ0v) is 23.9. The predicted octanol–water partition coefficient (Wildman–Crippen LogP) is 8.18. The molecular formula is C29H22Cl3FN2O4S. The van der Waals surface area contributed by atoms with Gasteiger partial charge in [-0.3, -0.25) is 9.52 Å². The molecule has 1 fully saturated rings. The number of nitrogens with zero attached hydrogens (tertiary/aromatic N) is 1. The molecule has 40 heavy (non-hydrogen) atoms. The third-order valence-electron chi connectivity index (χ3n) is 6.29. The average Bonchev–Trinajstić information content (AvgIpc) is 3.76. The van der Waals surface area contributed by atoms with Crippen LogP contribution in [0.2, 0.25) is 15.1 Å². The summed E-state index contributed by atoms with van der Waals surface area (Å²) < 4.78 is 49.3. The van der Waals surface area contributed by atoms with Crippen LogP contribution in [0.1, 0.15) is 28.8 Å². The van der Waals surface area contributed by atoms with Crippen LogP contribution in [0.5, 0.6) is 11.5 Å². The number of benzene rings is 4. The average molecular weight is 620 g/mol. The van der Waals surface area contributed by atoms with E-state index >= 15 is 0 Å². The van der Waals surface area contributed by atoms with Gasteiger partial charge in [0, 0.05) is 21.7 Å². The fourth-order valence-electron chi connectivity index (χ4n) is 4.09. The van der Waals surface area contributed by atoms with E-state index < -0.39 is 21.7 Å². The highest BCUT2D eigenvalue weighted by Gasteiger charge is 2.35. The summed E-state index contributed by atoms with van der Waals surface area (Å²) >= 11 is 18.6. The number of ether oxygens (including phenoxy) is 1. The summed E-state index contributed by atoms with van der Waals surface area (Å²) in [6.45, 7) is -0.0688. The van der Waals surface area contributed by atoms with Gasteiger partial charge in [0.05, 0.1) is 27.7 Å². The maximum atomic E-state index is 14.5. The second-order valence-electron chi connectivity index (χ2n) is 9.16. The number of sulfonamides is 1. The number of hydrogen-bond acceptors (Lipinski definition) is 4. The topological polar surface area (TPSA) is 75.7 Å². The van der Waals surface area contributed by atoms with Gasteiger partial charge in [0.25, 0.3) is 15.9 Å². The summed E-state index contributed by atoms with van der Waals surface area (Å²) in [7, 11) is -4.11. The van der Waals surface area contributed by atoms with E-state index in [-0.39, 0.29) is 44.3 Å². The molecule has 0 radical (unpaired) electrons. The lowest BCUT2D eigenvalue weighted by atomic mass is 10.1. The Labute approximate surface area is 246 Å². The Hall–Kier alpha value is -3.30. The molecule has 11 heteroatoms. The van der Waals surface area contributed by atoms with Gasteiger partial charge in [-0.1, -0.05) is 53.0 Å². The largest absolute Gasteiger partial charge is 0.456 e. The molecule has 0 spiro atoms. The van der Waals surface area contributed by atoms with Crippen molar-refractivity contribution in [2.75, 3.05) is 4.72 Å². The van der Waals surface area contributed by atoms with Crippen LogP contribution < -0.4 is 9.46 Å². The summed E-state index contributed by atoms with van der Waals surface area (Å²) in [4.78, 5) is 15.2. The number of nitrogens with one attached hydrogen (secondary N) is 1. The van der Waals surface area contributed by atoms with Crippen LogP contribution in [-0.2, 0) is 16.6 Å². The number of halogens is 4. The standard InChI is InChI=1S/C29H22Cl3FN2O4S/c30-18-8-15-27(22(16-18)29(36)35(19-9-10-19)17-23-24(31)5-3-6-26(23)33)34-40(37,38)21-13-11-20(12-14-21)39-28-7-2-1-4-25(28)32/h1-8,11-16,19,34H,9-10,17H2. The van der Waals surface area contributed by atoms with E-state index in [2.05, 4.69) is 4.72 Å². The van der Waals surface area contributed by atoms with E-state index in [4.69, 9.17) is 39.5 Å². The molecule has 1 aliphatic carbocycles. The van der Waals surface area contributed by atoms with Crippen LogP contribution in [0.4, 0.5) is 10.1 Å². The van der Waals surface area contributed by atoms with Crippen LogP contribution in [0.25, 0.3) is 0 Å². The van der Waals surface area contributed by atoms with Crippen molar-refractivity contribution in [1.82, 2.24) is 4.90 Å². The molecule has 0 atom stereocenters. The van der Waals surface area contributed by atoms with E-state index in [1.165, 1.54) is 59.5 Å². The number of anilines is 1. The third-order valence-corrected chi connectivity index (χ3v) is 8.58. The van der Waals surface area contributed by atoms with Crippen LogP contribution in [0, 0.1) is 5.82 Å². The highest BCUT2D eigenvalue weighted by molar-refractivity contribution is 7.92. The molecule has 206 valence electrons. The molecule has 0 saturated heterocycles. The molecule has 0 aliphatic heterocycles. The zero-order chi connectivity index (χ0) is 28.4. The minimum atomic E-state index is -4.11. The molecule has 4 aromatic rings. The summed E-state index contributed by atoms with van der Waals surface area (Å²) in [6, 6.07) is 21.1. The molecule has 6 nitrogen and oxygen atoms in total. The normalized spacial score (nSPS) is 13.1. The maximum Gasteiger partial charge on any atom is 0.261 e. The van der Waals surface area contributed by atoms with E-state index in [0.717, 1.165) is 12.8 Å². The minimum Gasteiger partial charge on any atom is -0.456 e. The van der Waals surface area contributed by atoms with E-state index in [9.17, 15) is 17.6 Å². The molecule has 4 aromatic carbocycles. The Morgan fingerprint density at radius 1 is 0.925 bits per heavy atom. The second kappa shape index (κ2) is 11.7. The fraction of sp³-hybridized carbons (Fsp3) is 0.138. The molecule has 1 aliphatic rings. The lowest BCUT2D eigenvalue weighted by Crippen LogP contribution is -2.33. The smallest absolute Gasteiger partial charge is 0.261 e. The first-order chi connectivity index (χ1) is 19.1. The maximum absolute atomic E-state index is 14.5. The fourth-order valence-corrected chi connectivity index (χ4v) is 5.74. The number of hydrogen-bond donors (Lipinski definition) is 1. The van der Waals surface area contributed by atoms with Crippen LogP contribution in [-0.4, -0.2) is 25.3 Å². The highest BCUT2D eigenvalue weighted by Crippen LogP contribution is 2.35. The van der Waals surface area contributed by atoms with Crippen LogP contribution in [0.3, 0.4) is 0 Å². The van der Waals surface area contributed by atoms with Crippen molar-refractivity contribution >= 4 is 56.4 Å². The molecule has 0 bridgehead atoms. The summed E-state index contributed by atoms with van der Waals surface area (Å²) in [6.07, 6.45) is 1.48. The molecule has 1 saturated carbocycles. The first-order valence-corrected chi connectivity index (χ1v) is 14.8. The Balaban J connectivity index is 1.40. The summed E-state index contributed by atoms with van der Waals surface area (Å²) in [5.74, 6) is -0.203. The van der Waals surface area contributed by atoms with Gasteiger partial charge in [0.1, 0.15) is 17.3 Å². The SMILES string of the molecule is O=C(c1cc(Cl)ccc1NS(=O)(=O)c1ccc(Oc2ccccc2Cl)cc1)N(Cc1c(F)cccc1Cl)C1CC1. The molecule has 5 rings (SSSR count). The quantitative estimate of drug-likeness (QED) is 0.205. The number of carbonyl (C=O) groups is 1. The number of para-hydroxylation sites is 1. The van der Waals surface area contributed by atoms with Crippen LogP contribution in [0.15, 0.2) is 89.8 Å². The zero-order valence-electron chi connectivity index (χ0n) is 20.8. The van der Waals surface area contributed by atoms with Crippen LogP contribution >= 0.6 is 34.8 Å². The van der Waals surface area contributed by atoms with Gasteiger partial charge < -0.3 is 9.64 Å². The molecule has 0 unspecified atom stereocenters. The van der Waals surface area contributed by atoms with Gasteiger partial charge in [-0.25, -0.2) is 12.8 Å². The van der Waals surface area contributed by atoms with Crippen molar-refractivity contribution in [3.8, 4) is 11.5 Å². The van der Waals surface area contributed by atoms with Crippen molar-refractivity contribution in [2.24, 2.45) is 0 Å². The first kappa shape index (κ1) is 28.2. The first-order valence-electron chi connectivity index (χ1n) is 12.2. The molecular weight excluding hydrogens is 598 g/mol. The monoisotopic (exact) mass is 618 g/mol. The van der Waals surface area contributed by atoms with E-state index in [1.54, 1.807) is 30.3 Å². The minimum absolute atomic E-state index is 0.0362. The van der Waals surface area contributed by atoms with Gasteiger partial charge >= 0.3 is 0 Å². The molecule has 0 aromatic heterocycles. The number of rotatable bonds is 9. The highest BCUT2D eigenvalue weighted by atomic mass is 35.5. The van der Waals surface area contributed by atoms with Gasteiger partial charge in [0.15, 0.2) is 0 Å². The Kier molecular flexibility index (Phi) is 8.24. The molecule has 1 amide bonds. The summed E-state index contributed by atoms with van der Waals surface area (Å²) in [5.41, 5.74) is 0.262. The van der Waals surface area contributed by atoms with Gasteiger partial charge in [-0.05, 0) is 79.6 Å². The molecule has 1 N–H and O–H groups in total. The Morgan fingerprint density at radius 2 is 1.62 bits per heavy atom. The summed E-state index contributed by atoms with van der Waals surface area (Å²) in [5, 5.41) is 0.859. The third kappa shape index (κ3) is 6.36. The van der Waals surface area contributed by atoms with Crippen molar-refractivity contribution in [3.63, 3.8) is 0 Å². The van der Waals surface area contributed by atoms with Crippen molar-refractivity contribution in [1.29, 1.82) is 0 Å². The molecule has 0 heterocycles. The lowest BCUT2D eigenvalue weighted by Gasteiger charge is -2.25. The van der Waals surface area contributed by atoms with Gasteiger partial charge in [0.2, 0.25) is 0 Å². The number of carbonyl (C=O) groups excluding carboxylic acids is 1. The Morgan fingerprint density at radius 3 is 2.30 bits per heavy atom. The van der Waals surface area contributed by atoms with Gasteiger partial charge in [-0.2, -0.15) is 0 Å². The van der Waals surface area contributed by atoms with Crippen molar-refractivity contribution in [3.05, 3.63) is 117 Å². The lowest BCUT2D eigenvalue weighted by molar-refractivity contribution is 0.0729. The Bertz CT molecular complexity index is 1660. The number of amides is 1. The van der Waals surface area contributed by atoms with E-state index in [1.807, 2.05) is 0 Å². The van der Waals surface area contributed by atoms with Gasteiger partial charge in [-0.15, -0.1) is 0 Å². The van der Waals surface area contributed by atoms with E-state index in [0.29, 0.717) is 16.5 Å². The second-order valence-corrected chi connectivity index (χ2v) is 12.1.